The number of amides is 1. The maximum atomic E-state index is 11.9. The number of rotatable bonds is 5. The molecule has 0 aliphatic heterocycles. The van der Waals surface area contributed by atoms with Crippen molar-refractivity contribution in [3.63, 3.8) is 0 Å². The van der Waals surface area contributed by atoms with Crippen molar-refractivity contribution in [2.24, 2.45) is 0 Å². The van der Waals surface area contributed by atoms with Gasteiger partial charge in [0.2, 0.25) is 0 Å². The van der Waals surface area contributed by atoms with Crippen molar-refractivity contribution in [2.75, 3.05) is 12.4 Å². The number of hydrogen-bond acceptors (Lipinski definition) is 4. The largest absolute Gasteiger partial charge is 0.387 e. The van der Waals surface area contributed by atoms with E-state index < -0.39 is 0 Å². The molecule has 0 spiro atoms. The molecule has 0 bridgehead atoms. The van der Waals surface area contributed by atoms with E-state index in [2.05, 4.69) is 34.0 Å². The highest BCUT2D eigenvalue weighted by atomic mass is 32.1. The summed E-state index contributed by atoms with van der Waals surface area (Å²) < 4.78 is 0. The Hall–Kier alpha value is -1.88. The first kappa shape index (κ1) is 13.5. The topological polar surface area (TPSA) is 54.0 Å². The van der Waals surface area contributed by atoms with E-state index in [1.807, 2.05) is 13.1 Å². The lowest BCUT2D eigenvalue weighted by atomic mass is 10.2. The number of aryl methyl sites for hydroxylation is 1. The average molecular weight is 275 g/mol. The molecular formula is C14H17N3OS. The Kier molecular flexibility index (Phi) is 4.52. The molecule has 0 aliphatic rings. The summed E-state index contributed by atoms with van der Waals surface area (Å²) in [7, 11) is 1.82. The second kappa shape index (κ2) is 6.33. The van der Waals surface area contributed by atoms with Gasteiger partial charge in [-0.3, -0.25) is 4.79 Å². The molecule has 0 unspecified atom stereocenters. The third-order valence-electron chi connectivity index (χ3n) is 2.91. The van der Waals surface area contributed by atoms with Crippen LogP contribution >= 0.6 is 11.3 Å². The van der Waals surface area contributed by atoms with Crippen LogP contribution in [0.5, 0.6) is 0 Å². The molecule has 0 radical (unpaired) electrons. The summed E-state index contributed by atoms with van der Waals surface area (Å²) >= 11 is 1.67. The average Bonchev–Trinajstić information content (AvgIpc) is 2.92. The number of nitrogens with zero attached hydrogens (tertiary/aromatic N) is 1. The van der Waals surface area contributed by atoms with Crippen molar-refractivity contribution in [3.05, 3.63) is 45.9 Å². The van der Waals surface area contributed by atoms with Gasteiger partial charge in [-0.25, -0.2) is 4.98 Å². The Labute approximate surface area is 116 Å². The van der Waals surface area contributed by atoms with Crippen LogP contribution < -0.4 is 10.6 Å². The van der Waals surface area contributed by atoms with Crippen molar-refractivity contribution in [1.82, 2.24) is 10.3 Å². The van der Waals surface area contributed by atoms with Crippen LogP contribution in [0.4, 0.5) is 5.69 Å². The van der Waals surface area contributed by atoms with Crippen LogP contribution in [0.25, 0.3) is 0 Å². The molecule has 2 rings (SSSR count). The van der Waals surface area contributed by atoms with Crippen LogP contribution in [-0.4, -0.2) is 17.9 Å². The molecule has 2 N–H and O–H groups in total. The van der Waals surface area contributed by atoms with Crippen LogP contribution in [0.1, 0.15) is 27.9 Å². The lowest BCUT2D eigenvalue weighted by Gasteiger charge is -2.06. The van der Waals surface area contributed by atoms with E-state index in [0.29, 0.717) is 12.2 Å². The lowest BCUT2D eigenvalue weighted by Crippen LogP contribution is -2.23. The van der Waals surface area contributed by atoms with E-state index in [1.54, 1.807) is 23.6 Å². The van der Waals surface area contributed by atoms with Gasteiger partial charge in [-0.1, -0.05) is 6.92 Å². The Bertz CT molecular complexity index is 548. The first-order chi connectivity index (χ1) is 9.24. The van der Waals surface area contributed by atoms with Crippen molar-refractivity contribution >= 4 is 22.9 Å². The lowest BCUT2D eigenvalue weighted by molar-refractivity contribution is 0.0946. The molecule has 2 aromatic rings. The summed E-state index contributed by atoms with van der Waals surface area (Å²) in [4.78, 5) is 17.3. The van der Waals surface area contributed by atoms with Gasteiger partial charge < -0.3 is 10.6 Å². The number of nitrogens with one attached hydrogen (secondary N) is 2. The van der Waals surface area contributed by atoms with Crippen LogP contribution in [0.3, 0.4) is 0 Å². The molecule has 2 aromatic heterocycles. The fraction of sp³-hybridized carbons (Fsp3) is 0.286. The summed E-state index contributed by atoms with van der Waals surface area (Å²) in [5.74, 6) is -0.141. The van der Waals surface area contributed by atoms with Crippen molar-refractivity contribution < 1.29 is 4.79 Å². The molecule has 0 fully saturated rings. The van der Waals surface area contributed by atoms with E-state index >= 15 is 0 Å². The molecule has 0 aliphatic carbocycles. The van der Waals surface area contributed by atoms with Gasteiger partial charge in [0.15, 0.2) is 0 Å². The molecule has 1 amide bonds. The zero-order chi connectivity index (χ0) is 13.7. The Balaban J connectivity index is 1.97. The Morgan fingerprint density at radius 1 is 1.37 bits per heavy atom. The quantitative estimate of drug-likeness (QED) is 0.882. The summed E-state index contributed by atoms with van der Waals surface area (Å²) in [6, 6.07) is 5.66. The Morgan fingerprint density at radius 3 is 2.84 bits per heavy atom. The van der Waals surface area contributed by atoms with Crippen molar-refractivity contribution in [1.29, 1.82) is 0 Å². The number of carbonyl (C=O) groups excluding carboxylic acids is 1. The molecular weight excluding hydrogens is 258 g/mol. The minimum atomic E-state index is -0.141. The minimum Gasteiger partial charge on any atom is -0.387 e. The summed E-state index contributed by atoms with van der Waals surface area (Å²) in [6.45, 7) is 2.68. The zero-order valence-electron chi connectivity index (χ0n) is 11.1. The molecule has 4 nitrogen and oxygen atoms in total. The Morgan fingerprint density at radius 2 is 2.21 bits per heavy atom. The molecule has 100 valence electrons. The number of thiophene rings is 1. The van der Waals surface area contributed by atoms with Crippen molar-refractivity contribution in [2.45, 2.75) is 19.9 Å². The van der Waals surface area contributed by atoms with Crippen LogP contribution in [-0.2, 0) is 13.0 Å². The van der Waals surface area contributed by atoms with Crippen molar-refractivity contribution in [3.8, 4) is 0 Å². The van der Waals surface area contributed by atoms with Gasteiger partial charge in [0.05, 0.1) is 18.4 Å². The maximum Gasteiger partial charge on any atom is 0.270 e. The second-order valence-corrected chi connectivity index (χ2v) is 5.09. The third-order valence-corrected chi connectivity index (χ3v) is 3.88. The van der Waals surface area contributed by atoms with Gasteiger partial charge >= 0.3 is 0 Å². The van der Waals surface area contributed by atoms with E-state index in [1.165, 1.54) is 10.4 Å². The fourth-order valence-electron chi connectivity index (χ4n) is 1.76. The molecule has 2 heterocycles. The zero-order valence-corrected chi connectivity index (χ0v) is 11.9. The van der Waals surface area contributed by atoms with Crippen LogP contribution in [0.15, 0.2) is 29.8 Å². The van der Waals surface area contributed by atoms with E-state index in [9.17, 15) is 4.79 Å². The number of hydrogen-bond donors (Lipinski definition) is 2. The number of carbonyl (C=O) groups is 1. The molecule has 0 saturated heterocycles. The van der Waals surface area contributed by atoms with Crippen LogP contribution in [0.2, 0.25) is 0 Å². The highest BCUT2D eigenvalue weighted by molar-refractivity contribution is 7.10. The standard InChI is InChI=1S/C14H17N3OS/c1-3-10-6-7-19-13(10)9-17-14(18)12-5-4-11(15-2)8-16-12/h4-8,15H,3,9H2,1-2H3,(H,17,18). The second-order valence-electron chi connectivity index (χ2n) is 4.09. The third kappa shape index (κ3) is 3.32. The predicted molar refractivity (Wildman–Crippen MR) is 78.7 cm³/mol. The molecule has 0 saturated carbocycles. The van der Waals surface area contributed by atoms with Gasteiger partial charge in [0, 0.05) is 11.9 Å². The first-order valence-electron chi connectivity index (χ1n) is 6.21. The van der Waals surface area contributed by atoms with Gasteiger partial charge in [-0.2, -0.15) is 0 Å². The monoisotopic (exact) mass is 275 g/mol. The number of aromatic nitrogens is 1. The van der Waals surface area contributed by atoms with E-state index in [0.717, 1.165) is 12.1 Å². The molecule has 0 atom stereocenters. The first-order valence-corrected chi connectivity index (χ1v) is 7.09. The van der Waals surface area contributed by atoms with Gasteiger partial charge in [0.25, 0.3) is 5.91 Å². The van der Waals surface area contributed by atoms with Crippen LogP contribution in [0, 0.1) is 0 Å². The van der Waals surface area contributed by atoms with E-state index in [-0.39, 0.29) is 5.91 Å². The highest BCUT2D eigenvalue weighted by Crippen LogP contribution is 2.17. The predicted octanol–water partition coefficient (Wildman–Crippen LogP) is 2.68. The molecule has 0 aromatic carbocycles. The summed E-state index contributed by atoms with van der Waals surface area (Å²) in [5, 5.41) is 7.93. The fourth-order valence-corrected chi connectivity index (χ4v) is 2.68. The highest BCUT2D eigenvalue weighted by Gasteiger charge is 2.08. The maximum absolute atomic E-state index is 11.9. The number of pyridine rings is 1. The molecule has 19 heavy (non-hydrogen) atoms. The smallest absolute Gasteiger partial charge is 0.270 e. The van der Waals surface area contributed by atoms with Gasteiger partial charge in [0.1, 0.15) is 5.69 Å². The minimum absolute atomic E-state index is 0.141. The molecule has 5 heteroatoms. The SMILES string of the molecule is CCc1ccsc1CNC(=O)c1ccc(NC)cn1. The number of anilines is 1. The van der Waals surface area contributed by atoms with E-state index in [4.69, 9.17) is 0 Å². The summed E-state index contributed by atoms with van der Waals surface area (Å²) in [5.41, 5.74) is 2.63. The summed E-state index contributed by atoms with van der Waals surface area (Å²) in [6.07, 6.45) is 2.64. The van der Waals surface area contributed by atoms with Gasteiger partial charge in [-0.05, 0) is 35.6 Å². The van der Waals surface area contributed by atoms with Gasteiger partial charge in [-0.15, -0.1) is 11.3 Å². The normalized spacial score (nSPS) is 10.2.